The third kappa shape index (κ3) is 6.55. The number of nitrogens with two attached hydrogens (primary N) is 1. The van der Waals surface area contributed by atoms with E-state index in [1.54, 1.807) is 0 Å². The summed E-state index contributed by atoms with van der Waals surface area (Å²) in [5, 5.41) is 0. The molecule has 130 valence electrons. The molecule has 2 saturated heterocycles. The highest BCUT2D eigenvalue weighted by atomic mass is 127. The first-order valence-corrected chi connectivity index (χ1v) is 8.26. The maximum atomic E-state index is 6.07. The minimum atomic E-state index is 0. The van der Waals surface area contributed by atoms with Gasteiger partial charge < -0.3 is 25.2 Å². The molecule has 1 unspecified atom stereocenters. The van der Waals surface area contributed by atoms with Crippen LogP contribution in [0, 0.1) is 5.92 Å². The SMILES string of the molecule is CCN1CCN(CC(C)CN=C(N)N2CCOCC2)CC1.I. The Morgan fingerprint density at radius 1 is 1.09 bits per heavy atom. The van der Waals surface area contributed by atoms with Gasteiger partial charge in [-0.3, -0.25) is 4.99 Å². The van der Waals surface area contributed by atoms with E-state index in [1.165, 1.54) is 32.7 Å². The van der Waals surface area contributed by atoms with Crippen molar-refractivity contribution in [2.24, 2.45) is 16.6 Å². The molecule has 0 saturated carbocycles. The van der Waals surface area contributed by atoms with Crippen molar-refractivity contribution in [3.63, 3.8) is 0 Å². The molecular formula is C15H32IN5O. The molecule has 0 aliphatic carbocycles. The van der Waals surface area contributed by atoms with Gasteiger partial charge in [0.2, 0.25) is 0 Å². The first-order valence-electron chi connectivity index (χ1n) is 8.26. The van der Waals surface area contributed by atoms with E-state index in [0.29, 0.717) is 11.9 Å². The third-order valence-electron chi connectivity index (χ3n) is 4.38. The van der Waals surface area contributed by atoms with Gasteiger partial charge in [0.05, 0.1) is 13.2 Å². The number of nitrogens with zero attached hydrogens (tertiary/aromatic N) is 4. The van der Waals surface area contributed by atoms with Crippen LogP contribution in [0.2, 0.25) is 0 Å². The van der Waals surface area contributed by atoms with E-state index in [1.807, 2.05) is 0 Å². The van der Waals surface area contributed by atoms with Crippen molar-refractivity contribution in [3.8, 4) is 0 Å². The van der Waals surface area contributed by atoms with Gasteiger partial charge in [0.15, 0.2) is 5.96 Å². The smallest absolute Gasteiger partial charge is 0.191 e. The molecule has 6 nitrogen and oxygen atoms in total. The zero-order chi connectivity index (χ0) is 15.1. The molecule has 2 rings (SSSR count). The van der Waals surface area contributed by atoms with Gasteiger partial charge in [-0.25, -0.2) is 0 Å². The third-order valence-corrected chi connectivity index (χ3v) is 4.38. The molecule has 7 heteroatoms. The Kier molecular flexibility index (Phi) is 9.62. The first kappa shape index (κ1) is 19.9. The van der Waals surface area contributed by atoms with Gasteiger partial charge in [-0.1, -0.05) is 13.8 Å². The van der Waals surface area contributed by atoms with Crippen LogP contribution in [0.15, 0.2) is 4.99 Å². The lowest BCUT2D eigenvalue weighted by Gasteiger charge is -2.35. The zero-order valence-corrected chi connectivity index (χ0v) is 16.4. The van der Waals surface area contributed by atoms with Crippen LogP contribution in [0.4, 0.5) is 0 Å². The molecule has 0 aromatic heterocycles. The van der Waals surface area contributed by atoms with Crippen LogP contribution in [0.3, 0.4) is 0 Å². The minimum Gasteiger partial charge on any atom is -0.378 e. The summed E-state index contributed by atoms with van der Waals surface area (Å²) in [5.41, 5.74) is 6.07. The van der Waals surface area contributed by atoms with Gasteiger partial charge in [0, 0.05) is 52.4 Å². The Hall–Kier alpha value is -0.120. The maximum Gasteiger partial charge on any atom is 0.191 e. The molecule has 0 bridgehead atoms. The number of morpholine rings is 1. The average Bonchev–Trinajstić information content (AvgIpc) is 2.54. The summed E-state index contributed by atoms with van der Waals surface area (Å²) < 4.78 is 5.33. The summed E-state index contributed by atoms with van der Waals surface area (Å²) in [4.78, 5) is 11.8. The number of ether oxygens (including phenoxy) is 1. The highest BCUT2D eigenvalue weighted by Gasteiger charge is 2.17. The highest BCUT2D eigenvalue weighted by molar-refractivity contribution is 14.0. The van der Waals surface area contributed by atoms with Gasteiger partial charge in [-0.15, -0.1) is 24.0 Å². The molecule has 1 atom stereocenters. The summed E-state index contributed by atoms with van der Waals surface area (Å²) >= 11 is 0. The topological polar surface area (TPSA) is 57.3 Å². The Balaban J connectivity index is 0.00000242. The molecule has 0 aromatic rings. The molecule has 2 heterocycles. The van der Waals surface area contributed by atoms with E-state index in [-0.39, 0.29) is 24.0 Å². The number of likely N-dealkylation sites (N-methyl/N-ethyl adjacent to an activating group) is 1. The molecule has 0 aromatic carbocycles. The molecule has 2 aliphatic heterocycles. The Morgan fingerprint density at radius 3 is 2.27 bits per heavy atom. The lowest BCUT2D eigenvalue weighted by atomic mass is 10.1. The van der Waals surface area contributed by atoms with Crippen LogP contribution in [0.1, 0.15) is 13.8 Å². The second-order valence-electron chi connectivity index (χ2n) is 6.14. The number of aliphatic imine (C=N–C) groups is 1. The monoisotopic (exact) mass is 425 g/mol. The quantitative estimate of drug-likeness (QED) is 0.396. The molecule has 2 fully saturated rings. The van der Waals surface area contributed by atoms with E-state index < -0.39 is 0 Å². The Labute approximate surface area is 152 Å². The second kappa shape index (κ2) is 10.6. The number of hydrogen-bond donors (Lipinski definition) is 1. The molecule has 0 spiro atoms. The van der Waals surface area contributed by atoms with Gasteiger partial charge in [0.1, 0.15) is 0 Å². The van der Waals surface area contributed by atoms with Crippen molar-refractivity contribution in [1.29, 1.82) is 0 Å². The van der Waals surface area contributed by atoms with Gasteiger partial charge in [0.25, 0.3) is 0 Å². The molecule has 0 radical (unpaired) electrons. The van der Waals surface area contributed by atoms with Crippen molar-refractivity contribution >= 4 is 29.9 Å². The number of halogens is 1. The van der Waals surface area contributed by atoms with Crippen molar-refractivity contribution in [2.75, 3.05) is 72.1 Å². The molecular weight excluding hydrogens is 393 g/mol. The van der Waals surface area contributed by atoms with E-state index in [4.69, 9.17) is 10.5 Å². The zero-order valence-electron chi connectivity index (χ0n) is 14.0. The number of rotatable bonds is 5. The predicted octanol–water partition coefficient (Wildman–Crippen LogP) is 0.525. The fourth-order valence-electron chi connectivity index (χ4n) is 2.93. The van der Waals surface area contributed by atoms with Crippen LogP contribution in [-0.4, -0.2) is 92.8 Å². The lowest BCUT2D eigenvalue weighted by molar-refractivity contribution is 0.0673. The second-order valence-corrected chi connectivity index (χ2v) is 6.14. The molecule has 2 aliphatic rings. The van der Waals surface area contributed by atoms with Crippen LogP contribution < -0.4 is 5.73 Å². The molecule has 0 amide bonds. The normalized spacial score (nSPS) is 23.2. The summed E-state index contributed by atoms with van der Waals surface area (Å²) in [6, 6.07) is 0. The number of piperazine rings is 1. The number of guanidine groups is 1. The van der Waals surface area contributed by atoms with Gasteiger partial charge in [-0.2, -0.15) is 0 Å². The average molecular weight is 425 g/mol. The predicted molar refractivity (Wildman–Crippen MR) is 102 cm³/mol. The summed E-state index contributed by atoms with van der Waals surface area (Å²) in [7, 11) is 0. The van der Waals surface area contributed by atoms with Crippen LogP contribution >= 0.6 is 24.0 Å². The summed E-state index contributed by atoms with van der Waals surface area (Å²) in [6.45, 7) is 15.6. The van der Waals surface area contributed by atoms with E-state index in [0.717, 1.165) is 39.4 Å². The fraction of sp³-hybridized carbons (Fsp3) is 0.933. The largest absolute Gasteiger partial charge is 0.378 e. The lowest BCUT2D eigenvalue weighted by Crippen LogP contribution is -2.47. The van der Waals surface area contributed by atoms with E-state index >= 15 is 0 Å². The van der Waals surface area contributed by atoms with E-state index in [2.05, 4.69) is 33.5 Å². The molecule has 22 heavy (non-hydrogen) atoms. The van der Waals surface area contributed by atoms with Crippen molar-refractivity contribution in [1.82, 2.24) is 14.7 Å². The van der Waals surface area contributed by atoms with Crippen LogP contribution in [0.5, 0.6) is 0 Å². The standard InChI is InChI=1S/C15H31N5O.HI/c1-3-18-4-6-19(7-5-18)13-14(2)12-17-15(16)20-8-10-21-11-9-20;/h14H,3-13H2,1-2H3,(H2,16,17);1H. The Morgan fingerprint density at radius 2 is 1.68 bits per heavy atom. The van der Waals surface area contributed by atoms with Gasteiger partial charge in [-0.05, 0) is 12.5 Å². The minimum absolute atomic E-state index is 0. The van der Waals surface area contributed by atoms with Crippen molar-refractivity contribution in [3.05, 3.63) is 0 Å². The van der Waals surface area contributed by atoms with Crippen molar-refractivity contribution in [2.45, 2.75) is 13.8 Å². The Bertz CT molecular complexity index is 328. The molecule has 2 N–H and O–H groups in total. The highest BCUT2D eigenvalue weighted by Crippen LogP contribution is 2.06. The maximum absolute atomic E-state index is 6.07. The van der Waals surface area contributed by atoms with Crippen molar-refractivity contribution < 1.29 is 4.74 Å². The summed E-state index contributed by atoms with van der Waals surface area (Å²) in [5.74, 6) is 1.23. The summed E-state index contributed by atoms with van der Waals surface area (Å²) in [6.07, 6.45) is 0. The van der Waals surface area contributed by atoms with Crippen LogP contribution in [0.25, 0.3) is 0 Å². The fourth-order valence-corrected chi connectivity index (χ4v) is 2.93. The van der Waals surface area contributed by atoms with Gasteiger partial charge >= 0.3 is 0 Å². The first-order chi connectivity index (χ1) is 10.2. The van der Waals surface area contributed by atoms with Crippen LogP contribution in [-0.2, 0) is 4.74 Å². The van der Waals surface area contributed by atoms with E-state index in [9.17, 15) is 0 Å². The number of hydrogen-bond acceptors (Lipinski definition) is 4.